The molecule has 4 unspecified atom stereocenters. The van der Waals surface area contributed by atoms with Gasteiger partial charge in [0.1, 0.15) is 12.3 Å². The van der Waals surface area contributed by atoms with Crippen molar-refractivity contribution in [3.63, 3.8) is 0 Å². The third-order valence-electron chi connectivity index (χ3n) is 9.23. The molecule has 0 aromatic carbocycles. The zero-order valence-electron chi connectivity index (χ0n) is 27.0. The summed E-state index contributed by atoms with van der Waals surface area (Å²) in [4.78, 5) is 58.4. The second-order valence-electron chi connectivity index (χ2n) is 13.0. The molecule has 40 heavy (non-hydrogen) atoms. The van der Waals surface area contributed by atoms with E-state index in [2.05, 4.69) is 34.6 Å². The number of rotatable bonds is 28. The topological polar surface area (TPSA) is 121 Å². The van der Waals surface area contributed by atoms with E-state index in [1.165, 1.54) is 89.9 Å². The van der Waals surface area contributed by atoms with Crippen molar-refractivity contribution in [1.82, 2.24) is 0 Å². The van der Waals surface area contributed by atoms with Crippen molar-refractivity contribution >= 4 is 15.9 Å². The molecule has 6 N–H and O–H groups in total. The van der Waals surface area contributed by atoms with Crippen LogP contribution in [-0.2, 0) is 0 Å². The molecule has 0 amide bonds. The third kappa shape index (κ3) is 22.2. The Bertz CT molecular complexity index is 521. The third-order valence-corrected chi connectivity index (χ3v) is 11.0. The van der Waals surface area contributed by atoms with Gasteiger partial charge >= 0.3 is 15.9 Å². The highest BCUT2D eigenvalue weighted by Gasteiger charge is 2.39. The Labute approximate surface area is 250 Å². The molecule has 4 atom stereocenters. The molecule has 0 aliphatic heterocycles. The molecule has 0 radical (unpaired) electrons. The van der Waals surface area contributed by atoms with E-state index >= 15 is 0 Å². The monoisotopic (exact) mass is 612 g/mol. The minimum Gasteiger partial charge on any atom is -0.193 e. The van der Waals surface area contributed by atoms with Gasteiger partial charge in [0, 0.05) is 0 Å². The summed E-state index contributed by atoms with van der Waals surface area (Å²) in [7, 11) is -7.58. The van der Waals surface area contributed by atoms with Gasteiger partial charge in [-0.05, 0) is 55.3 Å². The van der Waals surface area contributed by atoms with Gasteiger partial charge in [0.15, 0.2) is 0 Å². The van der Waals surface area contributed by atoms with Gasteiger partial charge < -0.3 is 0 Å². The van der Waals surface area contributed by atoms with Crippen LogP contribution in [0.2, 0.25) is 0 Å². The first-order valence-corrected chi connectivity index (χ1v) is 20.6. The molecule has 0 aliphatic carbocycles. The first-order chi connectivity index (χ1) is 18.9. The Balaban J connectivity index is 5.69. The smallest absolute Gasteiger partial charge is 0.193 e. The van der Waals surface area contributed by atoms with Crippen molar-refractivity contribution in [1.29, 1.82) is 0 Å². The van der Waals surface area contributed by atoms with Gasteiger partial charge in [-0.15, -0.1) is 0 Å². The molecule has 0 aromatic rings. The number of hydrogen-bond donors (Lipinski definition) is 6. The fraction of sp³-hybridized carbons (Fsp3) is 1.00. The molecule has 0 rings (SSSR count). The van der Waals surface area contributed by atoms with Gasteiger partial charge in [0.2, 0.25) is 0 Å². The Morgan fingerprint density at radius 3 is 1.00 bits per heavy atom. The lowest BCUT2D eigenvalue weighted by Gasteiger charge is -2.40. The van der Waals surface area contributed by atoms with Crippen LogP contribution < -0.4 is 0 Å². The molecule has 0 aromatic heterocycles. The quantitative estimate of drug-likeness (QED) is 0.0387. The summed E-state index contributed by atoms with van der Waals surface area (Å²) in [5, 5.41) is 0. The molecular formula is C32H70O6P2+2. The van der Waals surface area contributed by atoms with E-state index in [0.717, 1.165) is 25.7 Å². The zero-order chi connectivity index (χ0) is 30.4. The van der Waals surface area contributed by atoms with Gasteiger partial charge in [0.05, 0.1) is 0 Å². The van der Waals surface area contributed by atoms with Crippen molar-refractivity contribution in [3.8, 4) is 0 Å². The molecule has 0 saturated carbocycles. The first kappa shape index (κ1) is 40.6. The maximum Gasteiger partial charge on any atom is 0.403 e. The molecule has 0 saturated heterocycles. The largest absolute Gasteiger partial charge is 0.403 e. The molecule has 8 heteroatoms. The van der Waals surface area contributed by atoms with E-state index in [1.54, 1.807) is 0 Å². The summed E-state index contributed by atoms with van der Waals surface area (Å²) in [5.74, 6) is 1.85. The highest BCUT2D eigenvalue weighted by atomic mass is 31.2. The van der Waals surface area contributed by atoms with Crippen molar-refractivity contribution in [3.05, 3.63) is 0 Å². The minimum absolute atomic E-state index is 0.0606. The Hall–Kier alpha value is 0.620. The molecule has 6 nitrogen and oxygen atoms in total. The lowest BCUT2D eigenvalue weighted by Crippen LogP contribution is -2.33. The van der Waals surface area contributed by atoms with Gasteiger partial charge in [0.25, 0.3) is 0 Å². The van der Waals surface area contributed by atoms with Crippen molar-refractivity contribution in [2.45, 2.75) is 163 Å². The molecule has 0 fully saturated rings. The average Bonchev–Trinajstić information content (AvgIpc) is 2.87. The summed E-state index contributed by atoms with van der Waals surface area (Å²) in [6.45, 7) is 11.2. The van der Waals surface area contributed by atoms with Crippen LogP contribution in [0, 0.1) is 29.6 Å². The van der Waals surface area contributed by atoms with Crippen LogP contribution in [0.4, 0.5) is 0 Å². The Morgan fingerprint density at radius 1 is 0.375 bits per heavy atom. The van der Waals surface area contributed by atoms with Crippen LogP contribution in [0.1, 0.15) is 163 Å². The zero-order valence-corrected chi connectivity index (χ0v) is 28.8. The highest BCUT2D eigenvalue weighted by molar-refractivity contribution is 7.58. The standard InChI is InChI=1S/C32H70O6P2/c1-6-9-11-13-15-17-19-22-30(28(4)24-26-39(33,34)35)32(21-8-3)31(29(5)25-27-40(36,37)38)23-20-18-16-14-12-10-7-2/h28-38H,6-27H2,1-5H3/q+2. The van der Waals surface area contributed by atoms with E-state index in [4.69, 9.17) is 0 Å². The van der Waals surface area contributed by atoms with Crippen LogP contribution >= 0.6 is 15.9 Å². The fourth-order valence-electron chi connectivity index (χ4n) is 6.78. The summed E-state index contributed by atoms with van der Waals surface area (Å²) >= 11 is 0. The SMILES string of the molecule is CCCCCCCCCC(C(C)CC[P+](O)(O)O)C(CCC)C(CCCCCCCCC)C(C)CC[P+](O)(O)O. The second-order valence-corrected chi connectivity index (χ2v) is 16.6. The van der Waals surface area contributed by atoms with Gasteiger partial charge in [-0.1, -0.05) is 137 Å². The van der Waals surface area contributed by atoms with Crippen LogP contribution in [0.5, 0.6) is 0 Å². The van der Waals surface area contributed by atoms with Crippen molar-refractivity contribution in [2.24, 2.45) is 29.6 Å². The van der Waals surface area contributed by atoms with E-state index in [9.17, 15) is 29.4 Å². The summed E-state index contributed by atoms with van der Waals surface area (Å²) in [6.07, 6.45) is 23.5. The maximum atomic E-state index is 9.73. The van der Waals surface area contributed by atoms with E-state index in [0.29, 0.717) is 30.6 Å². The first-order valence-electron chi connectivity index (χ1n) is 17.0. The fourth-order valence-corrected chi connectivity index (χ4v) is 8.28. The van der Waals surface area contributed by atoms with Gasteiger partial charge in [-0.25, -0.2) is 0 Å². The minimum atomic E-state index is -3.79. The van der Waals surface area contributed by atoms with E-state index in [-0.39, 0.29) is 24.2 Å². The van der Waals surface area contributed by atoms with Crippen molar-refractivity contribution in [2.75, 3.05) is 12.3 Å². The highest BCUT2D eigenvalue weighted by Crippen LogP contribution is 2.50. The van der Waals surface area contributed by atoms with E-state index < -0.39 is 15.9 Å². The van der Waals surface area contributed by atoms with Crippen molar-refractivity contribution < 1.29 is 29.4 Å². The van der Waals surface area contributed by atoms with Crippen LogP contribution in [0.15, 0.2) is 0 Å². The predicted molar refractivity (Wildman–Crippen MR) is 175 cm³/mol. The molecule has 0 heterocycles. The molecule has 0 bridgehead atoms. The molecule has 0 aliphatic rings. The Morgan fingerprint density at radius 2 is 0.700 bits per heavy atom. The molecular weight excluding hydrogens is 542 g/mol. The average molecular weight is 613 g/mol. The van der Waals surface area contributed by atoms with Gasteiger partial charge in [-0.3, -0.25) is 0 Å². The van der Waals surface area contributed by atoms with E-state index in [1.807, 2.05) is 0 Å². The molecule has 0 spiro atoms. The molecule has 242 valence electrons. The van der Waals surface area contributed by atoms with Gasteiger partial charge in [-0.2, -0.15) is 29.4 Å². The maximum absolute atomic E-state index is 9.73. The van der Waals surface area contributed by atoms with Crippen LogP contribution in [-0.4, -0.2) is 41.7 Å². The van der Waals surface area contributed by atoms with Crippen LogP contribution in [0.3, 0.4) is 0 Å². The lowest BCUT2D eigenvalue weighted by atomic mass is 9.65. The predicted octanol–water partition coefficient (Wildman–Crippen LogP) is 9.45. The summed E-state index contributed by atoms with van der Waals surface area (Å²) in [6, 6.07) is 0. The van der Waals surface area contributed by atoms with Crippen LogP contribution in [0.25, 0.3) is 0 Å². The number of unbranched alkanes of at least 4 members (excludes halogenated alkanes) is 12. The lowest BCUT2D eigenvalue weighted by molar-refractivity contribution is 0.0947. The normalized spacial score (nSPS) is 16.6. The summed E-state index contributed by atoms with van der Waals surface area (Å²) < 4.78 is 0. The Kier molecular flexibility index (Phi) is 24.4. The second kappa shape index (κ2) is 24.0. The summed E-state index contributed by atoms with van der Waals surface area (Å²) in [5.41, 5.74) is 0. The number of hydrogen-bond acceptors (Lipinski definition) is 6.